The van der Waals surface area contributed by atoms with Crippen molar-refractivity contribution < 1.29 is 28.6 Å². The van der Waals surface area contributed by atoms with Crippen LogP contribution in [-0.2, 0) is 9.59 Å². The Hall–Kier alpha value is -4.66. The SMILES string of the molecule is CCOc1ccc(NC(=O)C(=O)N/N=C(\C)c2ccc(OC(=O)c3ccc(C)cc3)c(OC)c2)cc1. The van der Waals surface area contributed by atoms with Crippen LogP contribution < -0.4 is 25.0 Å². The molecule has 9 nitrogen and oxygen atoms in total. The second-order valence-corrected chi connectivity index (χ2v) is 7.67. The third-order valence-corrected chi connectivity index (χ3v) is 5.03. The number of anilines is 1. The number of esters is 1. The number of hydrogen-bond donors (Lipinski definition) is 2. The van der Waals surface area contributed by atoms with Gasteiger partial charge in [0.2, 0.25) is 0 Å². The van der Waals surface area contributed by atoms with E-state index in [0.29, 0.717) is 40.6 Å². The van der Waals surface area contributed by atoms with E-state index in [9.17, 15) is 14.4 Å². The Morgan fingerprint density at radius 3 is 2.17 bits per heavy atom. The second-order valence-electron chi connectivity index (χ2n) is 7.67. The van der Waals surface area contributed by atoms with Crippen molar-refractivity contribution >= 4 is 29.2 Å². The van der Waals surface area contributed by atoms with E-state index < -0.39 is 17.8 Å². The smallest absolute Gasteiger partial charge is 0.343 e. The zero-order valence-electron chi connectivity index (χ0n) is 20.5. The minimum atomic E-state index is -0.932. The molecule has 0 aromatic heterocycles. The third-order valence-electron chi connectivity index (χ3n) is 5.03. The van der Waals surface area contributed by atoms with E-state index in [1.807, 2.05) is 26.0 Å². The molecule has 0 aliphatic rings. The van der Waals surface area contributed by atoms with E-state index >= 15 is 0 Å². The Balaban J connectivity index is 1.62. The van der Waals surface area contributed by atoms with E-state index in [-0.39, 0.29) is 5.75 Å². The lowest BCUT2D eigenvalue weighted by Crippen LogP contribution is -2.32. The lowest BCUT2D eigenvalue weighted by Gasteiger charge is -2.11. The van der Waals surface area contributed by atoms with Crippen molar-refractivity contribution in [3.8, 4) is 17.2 Å². The summed E-state index contributed by atoms with van der Waals surface area (Å²) >= 11 is 0. The third kappa shape index (κ3) is 6.92. The van der Waals surface area contributed by atoms with Gasteiger partial charge >= 0.3 is 17.8 Å². The van der Waals surface area contributed by atoms with Crippen LogP contribution in [0.5, 0.6) is 17.2 Å². The number of rotatable bonds is 8. The van der Waals surface area contributed by atoms with E-state index in [4.69, 9.17) is 14.2 Å². The molecule has 3 aromatic rings. The Bertz CT molecular complexity index is 1270. The lowest BCUT2D eigenvalue weighted by atomic mass is 10.1. The monoisotopic (exact) mass is 489 g/mol. The van der Waals surface area contributed by atoms with Crippen molar-refractivity contribution in [2.24, 2.45) is 5.10 Å². The predicted octanol–water partition coefficient (Wildman–Crippen LogP) is 4.10. The van der Waals surface area contributed by atoms with Crippen LogP contribution in [0.1, 0.15) is 35.3 Å². The molecule has 0 aliphatic heterocycles. The van der Waals surface area contributed by atoms with Crippen molar-refractivity contribution in [1.29, 1.82) is 0 Å². The van der Waals surface area contributed by atoms with Gasteiger partial charge in [-0.3, -0.25) is 9.59 Å². The van der Waals surface area contributed by atoms with E-state index in [1.54, 1.807) is 61.5 Å². The molecule has 0 saturated heterocycles. The molecule has 3 rings (SSSR count). The van der Waals surface area contributed by atoms with Gasteiger partial charge in [0.05, 0.1) is 25.0 Å². The first-order valence-corrected chi connectivity index (χ1v) is 11.2. The highest BCUT2D eigenvalue weighted by Crippen LogP contribution is 2.29. The molecule has 36 heavy (non-hydrogen) atoms. The summed E-state index contributed by atoms with van der Waals surface area (Å²) in [6.45, 7) is 5.97. The van der Waals surface area contributed by atoms with Crippen molar-refractivity contribution in [1.82, 2.24) is 5.43 Å². The summed E-state index contributed by atoms with van der Waals surface area (Å²) < 4.78 is 16.2. The molecule has 2 N–H and O–H groups in total. The van der Waals surface area contributed by atoms with Crippen molar-refractivity contribution in [3.63, 3.8) is 0 Å². The first-order valence-electron chi connectivity index (χ1n) is 11.2. The number of amides is 2. The molecule has 0 unspecified atom stereocenters. The maximum atomic E-state index is 12.4. The number of hydrazone groups is 1. The van der Waals surface area contributed by atoms with Crippen LogP contribution in [0, 0.1) is 6.92 Å². The standard InChI is InChI=1S/C27H27N3O6/c1-5-35-22-13-11-21(12-14-22)28-25(31)26(32)30-29-18(3)20-10-15-23(24(16-20)34-4)36-27(33)19-8-6-17(2)7-9-19/h6-16H,5H2,1-4H3,(H,28,31)(H,30,32)/b29-18+. The average molecular weight is 490 g/mol. The summed E-state index contributed by atoms with van der Waals surface area (Å²) in [6.07, 6.45) is 0. The molecule has 9 heteroatoms. The summed E-state index contributed by atoms with van der Waals surface area (Å²) in [5.41, 5.74) is 5.12. The highest BCUT2D eigenvalue weighted by atomic mass is 16.6. The molecule has 0 aliphatic carbocycles. The molecular weight excluding hydrogens is 462 g/mol. The molecule has 0 radical (unpaired) electrons. The number of methoxy groups -OCH3 is 1. The normalized spacial score (nSPS) is 10.8. The van der Waals surface area contributed by atoms with Crippen LogP contribution in [0.15, 0.2) is 71.8 Å². The lowest BCUT2D eigenvalue weighted by molar-refractivity contribution is -0.136. The second kappa shape index (κ2) is 12.2. The highest BCUT2D eigenvalue weighted by Gasteiger charge is 2.16. The van der Waals surface area contributed by atoms with Gasteiger partial charge in [0.1, 0.15) is 5.75 Å². The van der Waals surface area contributed by atoms with Gasteiger partial charge in [-0.15, -0.1) is 0 Å². The van der Waals surface area contributed by atoms with Gasteiger partial charge in [-0.25, -0.2) is 10.2 Å². The predicted molar refractivity (Wildman–Crippen MR) is 136 cm³/mol. The van der Waals surface area contributed by atoms with Crippen LogP contribution >= 0.6 is 0 Å². The molecule has 0 bridgehead atoms. The largest absolute Gasteiger partial charge is 0.494 e. The molecule has 3 aromatic carbocycles. The summed E-state index contributed by atoms with van der Waals surface area (Å²) in [5, 5.41) is 6.48. The molecule has 0 saturated carbocycles. The Kier molecular flexibility index (Phi) is 8.77. The fourth-order valence-corrected chi connectivity index (χ4v) is 3.06. The highest BCUT2D eigenvalue weighted by molar-refractivity contribution is 6.39. The van der Waals surface area contributed by atoms with Gasteiger partial charge in [0.15, 0.2) is 11.5 Å². The minimum Gasteiger partial charge on any atom is -0.494 e. The molecule has 2 amide bonds. The van der Waals surface area contributed by atoms with Crippen molar-refractivity contribution in [2.75, 3.05) is 19.0 Å². The maximum Gasteiger partial charge on any atom is 0.343 e. The van der Waals surface area contributed by atoms with Crippen LogP contribution in [0.3, 0.4) is 0 Å². The summed E-state index contributed by atoms with van der Waals surface area (Å²) in [7, 11) is 1.45. The number of nitrogens with zero attached hydrogens (tertiary/aromatic N) is 1. The van der Waals surface area contributed by atoms with Gasteiger partial charge in [0.25, 0.3) is 0 Å². The van der Waals surface area contributed by atoms with Crippen molar-refractivity contribution in [2.45, 2.75) is 20.8 Å². The number of nitrogens with one attached hydrogen (secondary N) is 2. The topological polar surface area (TPSA) is 115 Å². The number of carbonyl (C=O) groups is 3. The molecule has 0 fully saturated rings. The van der Waals surface area contributed by atoms with E-state index in [0.717, 1.165) is 5.56 Å². The summed E-state index contributed by atoms with van der Waals surface area (Å²) in [4.78, 5) is 36.8. The zero-order chi connectivity index (χ0) is 26.1. The van der Waals surface area contributed by atoms with E-state index in [1.165, 1.54) is 7.11 Å². The summed E-state index contributed by atoms with van der Waals surface area (Å²) in [5.74, 6) is -1.12. The number of carbonyl (C=O) groups excluding carboxylic acids is 3. The molecule has 0 atom stereocenters. The van der Waals surface area contributed by atoms with Gasteiger partial charge < -0.3 is 19.5 Å². The molecule has 0 heterocycles. The van der Waals surface area contributed by atoms with E-state index in [2.05, 4.69) is 15.8 Å². The number of benzene rings is 3. The van der Waals surface area contributed by atoms with Gasteiger partial charge in [-0.1, -0.05) is 17.7 Å². The molecule has 186 valence electrons. The maximum absolute atomic E-state index is 12.4. The first kappa shape index (κ1) is 26.0. The summed E-state index contributed by atoms with van der Waals surface area (Å²) in [6, 6.07) is 18.5. The van der Waals surface area contributed by atoms with Gasteiger partial charge in [0, 0.05) is 11.3 Å². The fraction of sp³-hybridized carbons (Fsp3) is 0.185. The van der Waals surface area contributed by atoms with Crippen LogP contribution in [-0.4, -0.2) is 37.2 Å². The quantitative estimate of drug-likeness (QED) is 0.162. The Morgan fingerprint density at radius 1 is 0.861 bits per heavy atom. The minimum absolute atomic E-state index is 0.235. The van der Waals surface area contributed by atoms with Gasteiger partial charge in [-0.2, -0.15) is 5.10 Å². The van der Waals surface area contributed by atoms with Crippen molar-refractivity contribution in [3.05, 3.63) is 83.4 Å². The Morgan fingerprint density at radius 2 is 1.53 bits per heavy atom. The Labute approximate surface area is 209 Å². The molecular formula is C27H27N3O6. The zero-order valence-corrected chi connectivity index (χ0v) is 20.5. The number of hydrogen-bond acceptors (Lipinski definition) is 7. The van der Waals surface area contributed by atoms with Gasteiger partial charge in [-0.05, 0) is 75.4 Å². The van der Waals surface area contributed by atoms with Crippen LogP contribution in [0.2, 0.25) is 0 Å². The fourth-order valence-electron chi connectivity index (χ4n) is 3.06. The number of ether oxygens (including phenoxy) is 3. The van der Waals surface area contributed by atoms with Crippen LogP contribution in [0.25, 0.3) is 0 Å². The molecule has 0 spiro atoms. The number of aryl methyl sites for hydroxylation is 1. The first-order chi connectivity index (χ1) is 17.3. The van der Waals surface area contributed by atoms with Crippen LogP contribution in [0.4, 0.5) is 5.69 Å². The average Bonchev–Trinajstić information content (AvgIpc) is 2.88.